The van der Waals surface area contributed by atoms with Crippen molar-refractivity contribution in [3.8, 4) is 16.9 Å². The summed E-state index contributed by atoms with van der Waals surface area (Å²) in [6.45, 7) is 7.28. The molecule has 0 spiro atoms. The molecule has 3 heterocycles. The monoisotopic (exact) mass is 492 g/mol. The molecule has 4 rings (SSSR count). The van der Waals surface area contributed by atoms with Crippen molar-refractivity contribution in [2.45, 2.75) is 45.9 Å². The van der Waals surface area contributed by atoms with Gasteiger partial charge in [-0.25, -0.2) is 9.37 Å². The maximum atomic E-state index is 15.3. The summed E-state index contributed by atoms with van der Waals surface area (Å²) >= 11 is 6.27. The average Bonchev–Trinajstić information content (AvgIpc) is 3.12. The average molecular weight is 493 g/mol. The summed E-state index contributed by atoms with van der Waals surface area (Å²) < 4.78 is 62.3. The number of fused-ring (bicyclic) bond motifs is 1. The molecule has 1 unspecified atom stereocenters. The van der Waals surface area contributed by atoms with Crippen LogP contribution in [-0.2, 0) is 6.18 Å². The molecule has 0 aliphatic carbocycles. The van der Waals surface area contributed by atoms with E-state index in [-0.39, 0.29) is 28.0 Å². The third kappa shape index (κ3) is 4.32. The number of alkyl halides is 3. The number of halogens is 5. The molecular weight excluding hydrogens is 472 g/mol. The number of pyridine rings is 1. The van der Waals surface area contributed by atoms with Gasteiger partial charge in [0.25, 0.3) is 0 Å². The molecule has 0 radical (unpaired) electrons. The predicted octanol–water partition coefficient (Wildman–Crippen LogP) is 6.85. The molecule has 5 nitrogen and oxygen atoms in total. The number of aryl methyl sites for hydroxylation is 1. The lowest BCUT2D eigenvalue weighted by Gasteiger charge is -2.23. The fourth-order valence-electron chi connectivity index (χ4n) is 3.84. The maximum absolute atomic E-state index is 15.3. The molecule has 0 saturated carbocycles. The summed E-state index contributed by atoms with van der Waals surface area (Å²) in [5.74, 6) is -0.378. The Kier molecular flexibility index (Phi) is 6.24. The maximum Gasteiger partial charge on any atom is 0.433 e. The number of imidazole rings is 1. The number of nitrogens with zero attached hydrogens (tertiary/aromatic N) is 4. The first-order valence-corrected chi connectivity index (χ1v) is 10.9. The molecule has 0 bridgehead atoms. The number of ether oxygens (including phenoxy) is 1. The fourth-order valence-corrected chi connectivity index (χ4v) is 4.05. The molecule has 4 aromatic rings. The van der Waals surface area contributed by atoms with Gasteiger partial charge in [-0.15, -0.1) is 0 Å². The van der Waals surface area contributed by atoms with Gasteiger partial charge in [0.1, 0.15) is 17.3 Å². The Bertz CT molecular complexity index is 1350. The number of hydrogen-bond donors (Lipinski definition) is 0. The van der Waals surface area contributed by atoms with Gasteiger partial charge in [0, 0.05) is 35.6 Å². The summed E-state index contributed by atoms with van der Waals surface area (Å²) in [5, 5.41) is -0.188. The molecule has 0 N–H and O–H groups in total. The van der Waals surface area contributed by atoms with E-state index >= 15 is 4.39 Å². The summed E-state index contributed by atoms with van der Waals surface area (Å²) in [6.07, 6.45) is 1.11. The van der Waals surface area contributed by atoms with Crippen LogP contribution in [0.2, 0.25) is 5.02 Å². The van der Waals surface area contributed by atoms with Crippen LogP contribution in [0.3, 0.4) is 0 Å². The van der Waals surface area contributed by atoms with Gasteiger partial charge in [0.05, 0.1) is 34.1 Å². The van der Waals surface area contributed by atoms with E-state index in [1.54, 1.807) is 32.4 Å². The van der Waals surface area contributed by atoms with Crippen LogP contribution < -0.4 is 4.74 Å². The normalized spacial score (nSPS) is 13.0. The minimum atomic E-state index is -4.61. The SMILES string of the molecule is Cc1nc(C(C)c2cc(Cl)c(F)c(-c3ccc(C(F)(F)F)nc3)c2OC(C)C)n2ccncc12. The Morgan fingerprint density at radius 2 is 1.85 bits per heavy atom. The number of aromatic nitrogens is 4. The van der Waals surface area contributed by atoms with Gasteiger partial charge in [0.2, 0.25) is 0 Å². The third-order valence-electron chi connectivity index (χ3n) is 5.41. The Hall–Kier alpha value is -3.20. The second-order valence-corrected chi connectivity index (χ2v) is 8.58. The second-order valence-electron chi connectivity index (χ2n) is 8.17. The molecular formula is C24H21ClF4N4O. The molecule has 3 aromatic heterocycles. The summed E-state index contributed by atoms with van der Waals surface area (Å²) in [7, 11) is 0. The van der Waals surface area contributed by atoms with E-state index in [9.17, 15) is 13.2 Å². The highest BCUT2D eigenvalue weighted by molar-refractivity contribution is 6.31. The van der Waals surface area contributed by atoms with E-state index < -0.39 is 23.6 Å². The van der Waals surface area contributed by atoms with Gasteiger partial charge < -0.3 is 4.74 Å². The predicted molar refractivity (Wildman–Crippen MR) is 121 cm³/mol. The number of hydrogen-bond acceptors (Lipinski definition) is 4. The summed E-state index contributed by atoms with van der Waals surface area (Å²) in [4.78, 5) is 12.3. The topological polar surface area (TPSA) is 52.3 Å². The van der Waals surface area contributed by atoms with E-state index in [0.717, 1.165) is 29.5 Å². The highest BCUT2D eigenvalue weighted by Crippen LogP contribution is 2.44. The molecule has 34 heavy (non-hydrogen) atoms. The van der Waals surface area contributed by atoms with Crippen LogP contribution in [0.1, 0.15) is 49.5 Å². The molecule has 178 valence electrons. The zero-order valence-electron chi connectivity index (χ0n) is 18.8. The minimum Gasteiger partial charge on any atom is -0.490 e. The van der Waals surface area contributed by atoms with E-state index in [1.165, 1.54) is 6.07 Å². The highest BCUT2D eigenvalue weighted by Gasteiger charge is 2.33. The van der Waals surface area contributed by atoms with Gasteiger partial charge in [-0.1, -0.05) is 24.6 Å². The van der Waals surface area contributed by atoms with Crippen LogP contribution >= 0.6 is 11.6 Å². The molecule has 0 aliphatic heterocycles. The molecule has 10 heteroatoms. The minimum absolute atomic E-state index is 0.0523. The summed E-state index contributed by atoms with van der Waals surface area (Å²) in [5.41, 5.74) is 1.11. The largest absolute Gasteiger partial charge is 0.490 e. The highest BCUT2D eigenvalue weighted by atomic mass is 35.5. The fraction of sp³-hybridized carbons (Fsp3) is 0.292. The lowest BCUT2D eigenvalue weighted by atomic mass is 9.93. The Labute approximate surface area is 198 Å². The van der Waals surface area contributed by atoms with E-state index in [2.05, 4.69) is 15.0 Å². The lowest BCUT2D eigenvalue weighted by molar-refractivity contribution is -0.141. The first kappa shape index (κ1) is 23.9. The van der Waals surface area contributed by atoms with Crippen molar-refractivity contribution in [2.24, 2.45) is 0 Å². The first-order valence-electron chi connectivity index (χ1n) is 10.5. The van der Waals surface area contributed by atoms with Gasteiger partial charge in [0.15, 0.2) is 5.82 Å². The zero-order chi connectivity index (χ0) is 24.8. The van der Waals surface area contributed by atoms with Crippen molar-refractivity contribution in [1.82, 2.24) is 19.4 Å². The van der Waals surface area contributed by atoms with E-state index in [1.807, 2.05) is 18.2 Å². The lowest BCUT2D eigenvalue weighted by Crippen LogP contribution is -2.13. The standard InChI is InChI=1S/C24H21ClF4N4O/c1-12(2)34-22-16(13(3)23-32-14(4)18-11-30-7-8-33(18)23)9-17(25)21(26)20(22)15-5-6-19(31-10-15)24(27,28)29/h5-13H,1-4H3. The summed E-state index contributed by atoms with van der Waals surface area (Å²) in [6, 6.07) is 3.43. The Morgan fingerprint density at radius 3 is 2.47 bits per heavy atom. The molecule has 0 aliphatic rings. The molecule has 0 fully saturated rings. The van der Waals surface area contributed by atoms with Gasteiger partial charge in [-0.05, 0) is 32.9 Å². The Balaban J connectivity index is 1.94. The van der Waals surface area contributed by atoms with Gasteiger partial charge in [-0.2, -0.15) is 13.2 Å². The van der Waals surface area contributed by atoms with Crippen LogP contribution in [0.4, 0.5) is 17.6 Å². The quantitative estimate of drug-likeness (QED) is 0.286. The van der Waals surface area contributed by atoms with Crippen molar-refractivity contribution < 1.29 is 22.3 Å². The van der Waals surface area contributed by atoms with Crippen LogP contribution in [0, 0.1) is 12.7 Å². The Morgan fingerprint density at radius 1 is 1.12 bits per heavy atom. The first-order chi connectivity index (χ1) is 16.0. The molecule has 1 atom stereocenters. The third-order valence-corrected chi connectivity index (χ3v) is 5.68. The van der Waals surface area contributed by atoms with Crippen molar-refractivity contribution in [2.75, 3.05) is 0 Å². The molecule has 0 amide bonds. The van der Waals surface area contributed by atoms with Crippen molar-refractivity contribution in [1.29, 1.82) is 0 Å². The van der Waals surface area contributed by atoms with Crippen molar-refractivity contribution >= 4 is 17.1 Å². The zero-order valence-corrected chi connectivity index (χ0v) is 19.5. The second kappa shape index (κ2) is 8.87. The smallest absolute Gasteiger partial charge is 0.433 e. The van der Waals surface area contributed by atoms with Crippen LogP contribution in [-0.4, -0.2) is 25.5 Å². The number of benzene rings is 1. The van der Waals surface area contributed by atoms with Crippen molar-refractivity contribution in [3.05, 3.63) is 76.6 Å². The van der Waals surface area contributed by atoms with E-state index in [4.69, 9.17) is 16.3 Å². The molecule has 1 aromatic carbocycles. The van der Waals surface area contributed by atoms with Crippen molar-refractivity contribution in [3.63, 3.8) is 0 Å². The molecule has 0 saturated heterocycles. The van der Waals surface area contributed by atoms with Gasteiger partial charge in [-0.3, -0.25) is 14.4 Å². The number of rotatable bonds is 5. The van der Waals surface area contributed by atoms with Crippen LogP contribution in [0.15, 0.2) is 43.0 Å². The van der Waals surface area contributed by atoms with Crippen LogP contribution in [0.25, 0.3) is 16.6 Å². The van der Waals surface area contributed by atoms with Gasteiger partial charge >= 0.3 is 6.18 Å². The van der Waals surface area contributed by atoms with Crippen LogP contribution in [0.5, 0.6) is 5.75 Å². The van der Waals surface area contributed by atoms with E-state index in [0.29, 0.717) is 11.4 Å².